The smallest absolute Gasteiger partial charge is 0.410 e. The lowest BCUT2D eigenvalue weighted by atomic mass is 9.98. The quantitative estimate of drug-likeness (QED) is 0.919. The number of nitrogens with one attached hydrogen (secondary N) is 1. The molecular weight excluding hydrogens is 296 g/mol. The molecule has 23 heavy (non-hydrogen) atoms. The number of carbonyl (C=O) groups is 1. The van der Waals surface area contributed by atoms with Crippen LogP contribution in [0.2, 0.25) is 0 Å². The van der Waals surface area contributed by atoms with Gasteiger partial charge in [-0.15, -0.1) is 0 Å². The molecule has 124 valence electrons. The van der Waals surface area contributed by atoms with Gasteiger partial charge in [-0.05, 0) is 45.7 Å². The lowest BCUT2D eigenvalue weighted by molar-refractivity contribution is 0.0195. The number of carbonyl (C=O) groups excluding carboxylic acids is 1. The van der Waals surface area contributed by atoms with Crippen LogP contribution in [0.3, 0.4) is 0 Å². The van der Waals surface area contributed by atoms with Gasteiger partial charge in [0.1, 0.15) is 11.3 Å². The van der Waals surface area contributed by atoms with Crippen molar-refractivity contribution in [2.75, 3.05) is 13.1 Å². The Morgan fingerprint density at radius 1 is 1.48 bits per heavy atom. The first-order chi connectivity index (χ1) is 10.9. The van der Waals surface area contributed by atoms with Gasteiger partial charge in [0.05, 0.1) is 0 Å². The van der Waals surface area contributed by atoms with Crippen LogP contribution in [0, 0.1) is 0 Å². The number of aromatic amines is 1. The molecule has 0 aromatic carbocycles. The number of nitrogens with zero attached hydrogens (tertiary/aromatic N) is 3. The molecule has 3 heterocycles. The van der Waals surface area contributed by atoms with Crippen LogP contribution in [0.1, 0.15) is 45.4 Å². The Hall–Kier alpha value is -2.31. The largest absolute Gasteiger partial charge is 0.444 e. The van der Waals surface area contributed by atoms with E-state index in [1.807, 2.05) is 39.1 Å². The highest BCUT2D eigenvalue weighted by Crippen LogP contribution is 2.27. The fourth-order valence-electron chi connectivity index (χ4n) is 2.65. The van der Waals surface area contributed by atoms with E-state index in [0.717, 1.165) is 18.5 Å². The van der Waals surface area contributed by atoms with Crippen molar-refractivity contribution in [2.45, 2.75) is 45.1 Å². The topological polar surface area (TPSA) is 84.2 Å². The van der Waals surface area contributed by atoms with Gasteiger partial charge in [-0.2, -0.15) is 4.98 Å². The fourth-order valence-corrected chi connectivity index (χ4v) is 2.65. The van der Waals surface area contributed by atoms with Crippen molar-refractivity contribution in [3.63, 3.8) is 0 Å². The number of amides is 1. The average Bonchev–Trinajstić information content (AvgIpc) is 3.17. The highest BCUT2D eigenvalue weighted by atomic mass is 16.6. The second-order valence-corrected chi connectivity index (χ2v) is 6.81. The number of likely N-dealkylation sites (tertiary alicyclic amines) is 1. The molecule has 3 rings (SSSR count). The molecule has 1 aliphatic rings. The standard InChI is InChI=1S/C16H22N4O3/c1-16(2,3)22-15(21)20-9-5-6-11(10-20)13-18-14(23-19-13)12-7-4-8-17-12/h4,7-8,11,17H,5-6,9-10H2,1-3H3/t11-/m0/s1. The van der Waals surface area contributed by atoms with Crippen LogP contribution in [0.25, 0.3) is 11.6 Å². The van der Waals surface area contributed by atoms with Crippen molar-refractivity contribution in [1.29, 1.82) is 0 Å². The number of hydrogen-bond donors (Lipinski definition) is 1. The van der Waals surface area contributed by atoms with Crippen molar-refractivity contribution < 1.29 is 14.1 Å². The highest BCUT2D eigenvalue weighted by molar-refractivity contribution is 5.68. The molecule has 1 saturated heterocycles. The minimum Gasteiger partial charge on any atom is -0.444 e. The third-order valence-corrected chi connectivity index (χ3v) is 3.71. The van der Waals surface area contributed by atoms with E-state index in [-0.39, 0.29) is 12.0 Å². The second-order valence-electron chi connectivity index (χ2n) is 6.81. The third kappa shape index (κ3) is 3.72. The number of H-pyrrole nitrogens is 1. The SMILES string of the molecule is CC(C)(C)OC(=O)N1CCC[C@H](c2noc(-c3ccc[nH]3)n2)C1. The zero-order chi connectivity index (χ0) is 16.4. The summed E-state index contributed by atoms with van der Waals surface area (Å²) in [5.41, 5.74) is 0.306. The zero-order valence-corrected chi connectivity index (χ0v) is 13.7. The molecule has 2 aromatic heterocycles. The molecule has 1 amide bonds. The van der Waals surface area contributed by atoms with E-state index in [4.69, 9.17) is 9.26 Å². The molecule has 1 fully saturated rings. The maximum atomic E-state index is 12.2. The van der Waals surface area contributed by atoms with Crippen molar-refractivity contribution in [1.82, 2.24) is 20.0 Å². The molecule has 0 unspecified atom stereocenters. The Labute approximate surface area is 135 Å². The first-order valence-electron chi connectivity index (χ1n) is 7.88. The minimum atomic E-state index is -0.489. The van der Waals surface area contributed by atoms with Crippen LogP contribution in [0.15, 0.2) is 22.9 Å². The van der Waals surface area contributed by atoms with E-state index in [2.05, 4.69) is 15.1 Å². The van der Waals surface area contributed by atoms with Gasteiger partial charge in [-0.3, -0.25) is 0 Å². The minimum absolute atomic E-state index is 0.0729. The molecule has 0 spiro atoms. The Kier molecular flexibility index (Phi) is 4.11. The average molecular weight is 318 g/mol. The van der Waals surface area contributed by atoms with Crippen LogP contribution >= 0.6 is 0 Å². The van der Waals surface area contributed by atoms with E-state index >= 15 is 0 Å². The lowest BCUT2D eigenvalue weighted by Gasteiger charge is -2.32. The monoisotopic (exact) mass is 318 g/mol. The number of aromatic nitrogens is 3. The Balaban J connectivity index is 1.68. The predicted molar refractivity (Wildman–Crippen MR) is 83.9 cm³/mol. The number of ether oxygens (including phenoxy) is 1. The first-order valence-corrected chi connectivity index (χ1v) is 7.88. The fraction of sp³-hybridized carbons (Fsp3) is 0.562. The van der Waals surface area contributed by atoms with Crippen LogP contribution in [-0.2, 0) is 4.74 Å². The molecule has 7 heteroatoms. The lowest BCUT2D eigenvalue weighted by Crippen LogP contribution is -2.42. The van der Waals surface area contributed by atoms with Crippen LogP contribution in [0.4, 0.5) is 4.79 Å². The summed E-state index contributed by atoms with van der Waals surface area (Å²) >= 11 is 0. The van der Waals surface area contributed by atoms with E-state index < -0.39 is 5.60 Å². The summed E-state index contributed by atoms with van der Waals surface area (Å²) in [6.45, 7) is 6.86. The maximum absolute atomic E-state index is 12.2. The van der Waals surface area contributed by atoms with Gasteiger partial charge < -0.3 is 19.1 Å². The van der Waals surface area contributed by atoms with Crippen molar-refractivity contribution in [3.05, 3.63) is 24.2 Å². The predicted octanol–water partition coefficient (Wildman–Crippen LogP) is 3.18. The molecule has 0 radical (unpaired) electrons. The molecule has 0 aliphatic carbocycles. The zero-order valence-electron chi connectivity index (χ0n) is 13.7. The molecule has 1 aliphatic heterocycles. The Morgan fingerprint density at radius 2 is 2.30 bits per heavy atom. The van der Waals surface area contributed by atoms with E-state index in [1.165, 1.54) is 0 Å². The normalized spacial score (nSPS) is 18.9. The molecule has 7 nitrogen and oxygen atoms in total. The summed E-state index contributed by atoms with van der Waals surface area (Å²) in [7, 11) is 0. The molecule has 0 bridgehead atoms. The summed E-state index contributed by atoms with van der Waals surface area (Å²) in [5.74, 6) is 1.19. The summed E-state index contributed by atoms with van der Waals surface area (Å²) in [4.78, 5) is 21.4. The third-order valence-electron chi connectivity index (χ3n) is 3.71. The van der Waals surface area contributed by atoms with Gasteiger partial charge in [-0.1, -0.05) is 5.16 Å². The number of hydrogen-bond acceptors (Lipinski definition) is 5. The maximum Gasteiger partial charge on any atom is 0.410 e. The molecule has 2 aromatic rings. The van der Waals surface area contributed by atoms with Gasteiger partial charge >= 0.3 is 6.09 Å². The summed E-state index contributed by atoms with van der Waals surface area (Å²) < 4.78 is 10.8. The van der Waals surface area contributed by atoms with Crippen LogP contribution in [-0.4, -0.2) is 44.8 Å². The molecular formula is C16H22N4O3. The van der Waals surface area contributed by atoms with Crippen molar-refractivity contribution in [3.8, 4) is 11.6 Å². The van der Waals surface area contributed by atoms with Crippen LogP contribution in [0.5, 0.6) is 0 Å². The van der Waals surface area contributed by atoms with Gasteiger partial charge in [0.15, 0.2) is 5.82 Å². The Morgan fingerprint density at radius 3 is 3.00 bits per heavy atom. The van der Waals surface area contributed by atoms with Crippen molar-refractivity contribution >= 4 is 6.09 Å². The Bertz CT molecular complexity index is 657. The van der Waals surface area contributed by atoms with Crippen LogP contribution < -0.4 is 0 Å². The van der Waals surface area contributed by atoms with Gasteiger partial charge in [0, 0.05) is 25.2 Å². The second kappa shape index (κ2) is 6.06. The molecule has 0 saturated carbocycles. The summed E-state index contributed by atoms with van der Waals surface area (Å²) in [5, 5.41) is 4.08. The first kappa shape index (κ1) is 15.6. The highest BCUT2D eigenvalue weighted by Gasteiger charge is 2.30. The summed E-state index contributed by atoms with van der Waals surface area (Å²) in [6.07, 6.45) is 3.36. The van der Waals surface area contributed by atoms with Gasteiger partial charge in [0.25, 0.3) is 5.89 Å². The number of rotatable bonds is 2. The summed E-state index contributed by atoms with van der Waals surface area (Å²) in [6, 6.07) is 3.76. The molecule has 1 atom stereocenters. The van der Waals surface area contributed by atoms with Gasteiger partial charge in [-0.25, -0.2) is 4.79 Å². The number of piperidine rings is 1. The van der Waals surface area contributed by atoms with E-state index in [0.29, 0.717) is 24.8 Å². The molecule has 1 N–H and O–H groups in total. The van der Waals surface area contributed by atoms with Gasteiger partial charge in [0.2, 0.25) is 0 Å². The van der Waals surface area contributed by atoms with E-state index in [9.17, 15) is 4.79 Å². The van der Waals surface area contributed by atoms with E-state index in [1.54, 1.807) is 4.90 Å². The van der Waals surface area contributed by atoms with Crippen molar-refractivity contribution in [2.24, 2.45) is 0 Å².